The van der Waals surface area contributed by atoms with Crippen molar-refractivity contribution < 1.29 is 0 Å². The summed E-state index contributed by atoms with van der Waals surface area (Å²) in [5.74, 6) is 0. The first-order chi connectivity index (χ1) is 8.56. The maximum atomic E-state index is 12.2. The molecule has 2 rings (SSSR count). The smallest absolute Gasteiger partial charge is 0.297 e. The van der Waals surface area contributed by atoms with Gasteiger partial charge >= 0.3 is 5.69 Å². The Morgan fingerprint density at radius 3 is 2.78 bits per heavy atom. The number of halogens is 1. The quantitative estimate of drug-likeness (QED) is 0.836. The first-order valence-corrected chi connectivity index (χ1v) is 5.88. The van der Waals surface area contributed by atoms with Crippen LogP contribution in [-0.2, 0) is 6.42 Å². The molecule has 0 spiro atoms. The van der Waals surface area contributed by atoms with E-state index in [0.717, 1.165) is 10.1 Å². The van der Waals surface area contributed by atoms with Crippen molar-refractivity contribution in [2.45, 2.75) is 20.3 Å². The fourth-order valence-corrected chi connectivity index (χ4v) is 2.06. The summed E-state index contributed by atoms with van der Waals surface area (Å²) < 4.78 is 1.06. The average molecular weight is 266 g/mol. The highest BCUT2D eigenvalue weighted by Gasteiger charge is 2.13. The van der Waals surface area contributed by atoms with Gasteiger partial charge in [-0.1, -0.05) is 18.5 Å². The van der Waals surface area contributed by atoms with Gasteiger partial charge in [-0.3, -0.25) is 14.8 Å². The standard InChI is InChI=1S/C12H12ClN3O2/c1-3-8-10(13)15-12(18)16(11(8)17)9-6-14-5-4-7(9)2/h4-6H,3H2,1-2H3,(H,15,18). The van der Waals surface area contributed by atoms with E-state index in [1.807, 2.05) is 6.92 Å². The van der Waals surface area contributed by atoms with Crippen LogP contribution in [0.2, 0.25) is 5.15 Å². The van der Waals surface area contributed by atoms with Crippen molar-refractivity contribution in [3.63, 3.8) is 0 Å². The molecule has 2 aromatic heterocycles. The van der Waals surface area contributed by atoms with Crippen molar-refractivity contribution in [3.8, 4) is 5.69 Å². The van der Waals surface area contributed by atoms with E-state index in [1.54, 1.807) is 19.2 Å². The fourth-order valence-electron chi connectivity index (χ4n) is 1.76. The minimum atomic E-state index is -0.557. The van der Waals surface area contributed by atoms with Crippen LogP contribution in [0, 0.1) is 6.92 Å². The zero-order valence-electron chi connectivity index (χ0n) is 10.0. The SMILES string of the molecule is CCc1c(Cl)[nH]c(=O)n(-c2cnccc2C)c1=O. The van der Waals surface area contributed by atoms with Crippen LogP contribution < -0.4 is 11.2 Å². The number of aromatic amines is 1. The van der Waals surface area contributed by atoms with E-state index >= 15 is 0 Å². The third kappa shape index (κ3) is 1.97. The molecule has 2 aromatic rings. The normalized spacial score (nSPS) is 10.6. The molecule has 0 saturated carbocycles. The Balaban J connectivity index is 2.85. The third-order valence-electron chi connectivity index (χ3n) is 2.75. The van der Waals surface area contributed by atoms with Crippen LogP contribution in [0.15, 0.2) is 28.0 Å². The number of aromatic nitrogens is 3. The van der Waals surface area contributed by atoms with E-state index in [2.05, 4.69) is 9.97 Å². The Kier molecular flexibility index (Phi) is 3.34. The summed E-state index contributed by atoms with van der Waals surface area (Å²) in [7, 11) is 0. The van der Waals surface area contributed by atoms with Gasteiger partial charge in [0.25, 0.3) is 5.56 Å². The maximum Gasteiger partial charge on any atom is 0.334 e. The summed E-state index contributed by atoms with van der Waals surface area (Å²) in [6.07, 6.45) is 3.54. The average Bonchev–Trinajstić information content (AvgIpc) is 2.31. The Morgan fingerprint density at radius 2 is 2.17 bits per heavy atom. The summed E-state index contributed by atoms with van der Waals surface area (Å²) in [4.78, 5) is 30.5. The van der Waals surface area contributed by atoms with Crippen LogP contribution in [0.25, 0.3) is 5.69 Å². The zero-order chi connectivity index (χ0) is 13.3. The molecule has 0 aromatic carbocycles. The molecule has 2 heterocycles. The molecule has 0 radical (unpaired) electrons. The molecular weight excluding hydrogens is 254 g/mol. The number of hydrogen-bond acceptors (Lipinski definition) is 3. The van der Waals surface area contributed by atoms with Crippen molar-refractivity contribution >= 4 is 11.6 Å². The van der Waals surface area contributed by atoms with Crippen molar-refractivity contribution in [3.05, 3.63) is 55.6 Å². The van der Waals surface area contributed by atoms with Crippen LogP contribution in [-0.4, -0.2) is 14.5 Å². The molecular formula is C12H12ClN3O2. The van der Waals surface area contributed by atoms with Crippen LogP contribution in [0.5, 0.6) is 0 Å². The number of nitrogens with one attached hydrogen (secondary N) is 1. The summed E-state index contributed by atoms with van der Waals surface area (Å²) in [5.41, 5.74) is 0.692. The number of pyridine rings is 1. The van der Waals surface area contributed by atoms with Crippen LogP contribution in [0.4, 0.5) is 0 Å². The second kappa shape index (κ2) is 4.78. The molecule has 94 valence electrons. The number of rotatable bonds is 2. The summed E-state index contributed by atoms with van der Waals surface area (Å²) in [6, 6.07) is 1.74. The number of H-pyrrole nitrogens is 1. The third-order valence-corrected chi connectivity index (χ3v) is 3.07. The Bertz CT molecular complexity index is 703. The molecule has 0 bridgehead atoms. The molecule has 6 heteroatoms. The van der Waals surface area contributed by atoms with Gasteiger partial charge < -0.3 is 0 Å². The van der Waals surface area contributed by atoms with E-state index in [-0.39, 0.29) is 5.15 Å². The van der Waals surface area contributed by atoms with E-state index in [4.69, 9.17) is 11.6 Å². The molecule has 0 aliphatic carbocycles. The molecule has 18 heavy (non-hydrogen) atoms. The van der Waals surface area contributed by atoms with Gasteiger partial charge in [0.2, 0.25) is 0 Å². The number of hydrogen-bond donors (Lipinski definition) is 1. The van der Waals surface area contributed by atoms with Gasteiger partial charge in [0.1, 0.15) is 5.15 Å². The van der Waals surface area contributed by atoms with Crippen LogP contribution in [0.1, 0.15) is 18.1 Å². The van der Waals surface area contributed by atoms with Gasteiger partial charge in [-0.2, -0.15) is 0 Å². The van der Waals surface area contributed by atoms with E-state index in [9.17, 15) is 9.59 Å². The molecule has 0 unspecified atom stereocenters. The molecule has 0 aliphatic rings. The Labute approximate surface area is 108 Å². The molecule has 0 aliphatic heterocycles. The van der Waals surface area contributed by atoms with Gasteiger partial charge in [-0.15, -0.1) is 0 Å². The lowest BCUT2D eigenvalue weighted by atomic mass is 10.2. The van der Waals surface area contributed by atoms with Crippen LogP contribution in [0.3, 0.4) is 0 Å². The summed E-state index contributed by atoms with van der Waals surface area (Å²) in [6.45, 7) is 3.62. The fraction of sp³-hybridized carbons (Fsp3) is 0.250. The van der Waals surface area contributed by atoms with E-state index in [0.29, 0.717) is 17.7 Å². The molecule has 1 N–H and O–H groups in total. The highest BCUT2D eigenvalue weighted by atomic mass is 35.5. The van der Waals surface area contributed by atoms with Gasteiger partial charge in [0, 0.05) is 6.20 Å². The first-order valence-electron chi connectivity index (χ1n) is 5.51. The monoisotopic (exact) mass is 265 g/mol. The molecule has 0 atom stereocenters. The highest BCUT2D eigenvalue weighted by Crippen LogP contribution is 2.10. The zero-order valence-corrected chi connectivity index (χ0v) is 10.8. The van der Waals surface area contributed by atoms with Gasteiger partial charge in [0.15, 0.2) is 0 Å². The lowest BCUT2D eigenvalue weighted by Gasteiger charge is -2.09. The summed E-state index contributed by atoms with van der Waals surface area (Å²) in [5, 5.41) is 0.102. The Morgan fingerprint density at radius 1 is 1.44 bits per heavy atom. The van der Waals surface area contributed by atoms with Gasteiger partial charge in [-0.05, 0) is 25.0 Å². The van der Waals surface area contributed by atoms with E-state index in [1.165, 1.54) is 6.20 Å². The number of aryl methyl sites for hydroxylation is 1. The second-order valence-corrected chi connectivity index (χ2v) is 4.26. The van der Waals surface area contributed by atoms with Crippen LogP contribution >= 0.6 is 11.6 Å². The van der Waals surface area contributed by atoms with Crippen molar-refractivity contribution in [1.82, 2.24) is 14.5 Å². The summed E-state index contributed by atoms with van der Waals surface area (Å²) >= 11 is 5.85. The minimum Gasteiger partial charge on any atom is -0.297 e. The highest BCUT2D eigenvalue weighted by molar-refractivity contribution is 6.30. The van der Waals surface area contributed by atoms with Crippen molar-refractivity contribution in [1.29, 1.82) is 0 Å². The molecule has 0 saturated heterocycles. The van der Waals surface area contributed by atoms with E-state index < -0.39 is 11.2 Å². The molecule has 0 amide bonds. The second-order valence-electron chi connectivity index (χ2n) is 3.88. The lowest BCUT2D eigenvalue weighted by Crippen LogP contribution is -2.36. The predicted octanol–water partition coefficient (Wildman–Crippen LogP) is 1.45. The Hall–Kier alpha value is -1.88. The predicted molar refractivity (Wildman–Crippen MR) is 69.6 cm³/mol. The van der Waals surface area contributed by atoms with Crippen molar-refractivity contribution in [2.75, 3.05) is 0 Å². The lowest BCUT2D eigenvalue weighted by molar-refractivity contribution is 0.832. The van der Waals surface area contributed by atoms with Crippen molar-refractivity contribution in [2.24, 2.45) is 0 Å². The van der Waals surface area contributed by atoms with Gasteiger partial charge in [-0.25, -0.2) is 9.36 Å². The first kappa shape index (κ1) is 12.6. The van der Waals surface area contributed by atoms with Gasteiger partial charge in [0.05, 0.1) is 17.4 Å². The number of nitrogens with zero attached hydrogens (tertiary/aromatic N) is 2. The largest absolute Gasteiger partial charge is 0.334 e. The maximum absolute atomic E-state index is 12.2. The minimum absolute atomic E-state index is 0.102. The molecule has 0 fully saturated rings. The molecule has 5 nitrogen and oxygen atoms in total. The topological polar surface area (TPSA) is 67.8 Å².